The number of hydrogen-bond donors (Lipinski definition) is 2. The number of carbonyl (C=O) groups is 1. The second kappa shape index (κ2) is 5.00. The van der Waals surface area contributed by atoms with Gasteiger partial charge in [-0.15, -0.1) is 11.7 Å². The Hall–Kier alpha value is 0.250. The van der Waals surface area contributed by atoms with Crippen LogP contribution in [0.2, 0.25) is 0 Å². The van der Waals surface area contributed by atoms with Crippen molar-refractivity contribution >= 4 is 16.1 Å². The summed E-state index contributed by atoms with van der Waals surface area (Å²) < 4.78 is 28.5. The summed E-state index contributed by atoms with van der Waals surface area (Å²) in [5.41, 5.74) is 0. The molecule has 7 heteroatoms. The van der Waals surface area contributed by atoms with E-state index in [1.165, 1.54) is 6.92 Å². The Bertz CT molecular complexity index is 221. The van der Waals surface area contributed by atoms with Crippen molar-refractivity contribution in [2.24, 2.45) is 0 Å². The molecule has 0 aliphatic carbocycles. The molecule has 0 saturated carbocycles. The molecule has 0 amide bonds. The molecule has 0 atom stereocenters. The quantitative estimate of drug-likeness (QED) is 0.279. The SMILES string of the molecule is CC[C-](C(=O)O)S(=O)(=O)O.[Na+]. The maximum Gasteiger partial charge on any atom is 1.00 e. The second-order valence-corrected chi connectivity index (χ2v) is 3.00. The summed E-state index contributed by atoms with van der Waals surface area (Å²) in [4.78, 5) is 10.0. The molecule has 0 spiro atoms. The van der Waals surface area contributed by atoms with Crippen molar-refractivity contribution < 1.29 is 52.4 Å². The van der Waals surface area contributed by atoms with Gasteiger partial charge in [0, 0.05) is 0 Å². The van der Waals surface area contributed by atoms with Crippen molar-refractivity contribution in [1.82, 2.24) is 0 Å². The Labute approximate surface area is 86.8 Å². The predicted octanol–water partition coefficient (Wildman–Crippen LogP) is -3.10. The van der Waals surface area contributed by atoms with Gasteiger partial charge in [-0.25, -0.2) is 8.42 Å². The number of hydrogen-bond acceptors (Lipinski definition) is 3. The Morgan fingerprint density at radius 1 is 1.55 bits per heavy atom. The van der Waals surface area contributed by atoms with Gasteiger partial charge in [0.05, 0.1) is 0 Å². The monoisotopic (exact) mass is 190 g/mol. The fourth-order valence-electron chi connectivity index (χ4n) is 0.444. The van der Waals surface area contributed by atoms with Gasteiger partial charge < -0.3 is 9.66 Å². The van der Waals surface area contributed by atoms with Crippen LogP contribution in [0.1, 0.15) is 13.3 Å². The van der Waals surface area contributed by atoms with E-state index in [1.54, 1.807) is 0 Å². The molecule has 0 heterocycles. The van der Waals surface area contributed by atoms with E-state index < -0.39 is 21.3 Å². The Kier molecular flexibility index (Phi) is 6.27. The molecule has 0 rings (SSSR count). The van der Waals surface area contributed by atoms with Gasteiger partial charge in [-0.1, -0.05) is 6.92 Å². The number of rotatable bonds is 3. The van der Waals surface area contributed by atoms with Gasteiger partial charge in [-0.05, 0) is 0 Å². The van der Waals surface area contributed by atoms with Gasteiger partial charge in [0.1, 0.15) is 0 Å². The molecule has 0 aromatic carbocycles. The van der Waals surface area contributed by atoms with E-state index in [4.69, 9.17) is 9.66 Å². The van der Waals surface area contributed by atoms with Crippen LogP contribution in [0.4, 0.5) is 0 Å². The Balaban J connectivity index is 0. The molecule has 0 aliphatic rings. The summed E-state index contributed by atoms with van der Waals surface area (Å²) in [6.45, 7) is 1.33. The predicted molar refractivity (Wildman–Crippen MR) is 32.7 cm³/mol. The zero-order valence-electron chi connectivity index (χ0n) is 6.23. The summed E-state index contributed by atoms with van der Waals surface area (Å²) in [5, 5.41) is 7.25. The Morgan fingerprint density at radius 3 is 1.91 bits per heavy atom. The largest absolute Gasteiger partial charge is 1.00 e. The molecular formula is C4H7NaO5S. The molecule has 11 heavy (non-hydrogen) atoms. The van der Waals surface area contributed by atoms with Crippen LogP contribution >= 0.6 is 0 Å². The van der Waals surface area contributed by atoms with Crippen LogP contribution in [0, 0.1) is 5.25 Å². The van der Waals surface area contributed by atoms with Gasteiger partial charge in [0.15, 0.2) is 16.1 Å². The fourth-order valence-corrected chi connectivity index (χ4v) is 1.03. The smallest absolute Gasteiger partial charge is 0.502 e. The molecule has 0 radical (unpaired) electrons. The topological polar surface area (TPSA) is 91.7 Å². The van der Waals surface area contributed by atoms with Crippen LogP contribution in [0.25, 0.3) is 0 Å². The minimum absolute atomic E-state index is 0. The van der Waals surface area contributed by atoms with E-state index in [-0.39, 0.29) is 36.0 Å². The van der Waals surface area contributed by atoms with Crippen LogP contribution < -0.4 is 29.6 Å². The minimum Gasteiger partial charge on any atom is -0.502 e. The Morgan fingerprint density at radius 2 is 1.91 bits per heavy atom. The fraction of sp³-hybridized carbons (Fsp3) is 0.500. The summed E-state index contributed by atoms with van der Waals surface area (Å²) in [5.74, 6) is -1.61. The van der Waals surface area contributed by atoms with Crippen molar-refractivity contribution in [3.63, 3.8) is 0 Å². The summed E-state index contributed by atoms with van der Waals surface area (Å²) >= 11 is 0. The average Bonchev–Trinajstić information content (AvgIpc) is 1.60. The summed E-state index contributed by atoms with van der Waals surface area (Å²) in [6, 6.07) is 0. The zero-order chi connectivity index (χ0) is 8.36. The van der Waals surface area contributed by atoms with E-state index in [9.17, 15) is 13.2 Å². The number of aliphatic carboxylic acids is 1. The van der Waals surface area contributed by atoms with Gasteiger partial charge in [-0.2, -0.15) is 0 Å². The van der Waals surface area contributed by atoms with Crippen LogP contribution in [-0.4, -0.2) is 24.0 Å². The van der Waals surface area contributed by atoms with Crippen LogP contribution in [-0.2, 0) is 14.9 Å². The van der Waals surface area contributed by atoms with Crippen LogP contribution in [0.5, 0.6) is 0 Å². The van der Waals surface area contributed by atoms with E-state index in [0.29, 0.717) is 0 Å². The van der Waals surface area contributed by atoms with Crippen molar-refractivity contribution in [2.45, 2.75) is 13.3 Å². The maximum absolute atomic E-state index is 10.1. The third kappa shape index (κ3) is 4.65. The molecule has 0 aliphatic heterocycles. The first-order chi connectivity index (χ1) is 4.39. The van der Waals surface area contributed by atoms with Gasteiger partial charge in [0.25, 0.3) is 0 Å². The number of carboxylic acids is 1. The molecule has 60 valence electrons. The first-order valence-electron chi connectivity index (χ1n) is 2.46. The molecule has 0 saturated heterocycles. The third-order valence-electron chi connectivity index (χ3n) is 0.871. The van der Waals surface area contributed by atoms with Crippen LogP contribution in [0.3, 0.4) is 0 Å². The summed E-state index contributed by atoms with van der Waals surface area (Å²) in [7, 11) is -4.50. The normalized spacial score (nSPS) is 10.0. The molecule has 0 unspecified atom stereocenters. The molecule has 0 aromatic rings. The first-order valence-corrected chi connectivity index (χ1v) is 3.90. The molecule has 0 bridgehead atoms. The van der Waals surface area contributed by atoms with E-state index in [2.05, 4.69) is 0 Å². The first kappa shape index (κ1) is 13.8. The minimum atomic E-state index is -4.50. The third-order valence-corrected chi connectivity index (χ3v) is 1.96. The van der Waals surface area contributed by atoms with Crippen molar-refractivity contribution in [3.05, 3.63) is 5.25 Å². The molecule has 5 nitrogen and oxygen atoms in total. The summed E-state index contributed by atoms with van der Waals surface area (Å²) in [6.07, 6.45) is -0.214. The van der Waals surface area contributed by atoms with Crippen LogP contribution in [0.15, 0.2) is 0 Å². The van der Waals surface area contributed by atoms with Crippen molar-refractivity contribution in [2.75, 3.05) is 0 Å². The van der Waals surface area contributed by atoms with Gasteiger partial charge >= 0.3 is 29.6 Å². The standard InChI is InChI=1S/C4H7O5S.Na/c1-2-3(4(5)6)10(7,8)9;/h2H2,1H3,(H,5,6)(H,7,8,9);/q-1;+1. The van der Waals surface area contributed by atoms with E-state index >= 15 is 0 Å². The van der Waals surface area contributed by atoms with Crippen molar-refractivity contribution in [3.8, 4) is 0 Å². The van der Waals surface area contributed by atoms with Crippen molar-refractivity contribution in [1.29, 1.82) is 0 Å². The van der Waals surface area contributed by atoms with Gasteiger partial charge in [0.2, 0.25) is 0 Å². The average molecular weight is 190 g/mol. The van der Waals surface area contributed by atoms with E-state index in [1.807, 2.05) is 0 Å². The second-order valence-electron chi connectivity index (χ2n) is 1.56. The van der Waals surface area contributed by atoms with E-state index in [0.717, 1.165) is 0 Å². The zero-order valence-corrected chi connectivity index (χ0v) is 9.05. The number of carboxylic acid groups (broad SMARTS) is 1. The molecule has 2 N–H and O–H groups in total. The molecule has 0 fully saturated rings. The molecular weight excluding hydrogens is 183 g/mol. The maximum atomic E-state index is 10.1. The van der Waals surface area contributed by atoms with Gasteiger partial charge in [-0.3, -0.25) is 4.79 Å². The molecule has 0 aromatic heterocycles.